The van der Waals surface area contributed by atoms with E-state index >= 15 is 0 Å². The Morgan fingerprint density at radius 3 is 2.58 bits per heavy atom. The van der Waals surface area contributed by atoms with E-state index < -0.39 is 15.1 Å². The van der Waals surface area contributed by atoms with Gasteiger partial charge in [-0.3, -0.25) is 9.67 Å². The summed E-state index contributed by atoms with van der Waals surface area (Å²) in [6.45, 7) is 1.60. The molecule has 0 fully saturated rings. The molecule has 0 aliphatic carbocycles. The number of pyridine rings is 1. The molecule has 2 N–H and O–H groups in total. The number of aromatic nitrogens is 3. The lowest BCUT2D eigenvalue weighted by molar-refractivity contribution is 0.589. The normalized spacial score (nSPS) is 13.4. The summed E-state index contributed by atoms with van der Waals surface area (Å²) in [5.41, 5.74) is 7.62. The minimum absolute atomic E-state index is 0.407. The highest BCUT2D eigenvalue weighted by Gasteiger charge is 2.27. The van der Waals surface area contributed by atoms with Crippen molar-refractivity contribution in [3.05, 3.63) is 30.1 Å². The number of rotatable bonds is 3. The van der Waals surface area contributed by atoms with Crippen molar-refractivity contribution in [2.24, 2.45) is 7.05 Å². The largest absolute Gasteiger partial charge is 0.383 e. The monoisotopic (exact) mass is 280 g/mol. The predicted molar refractivity (Wildman–Crippen MR) is 74.1 cm³/mol. The first-order valence-corrected chi connectivity index (χ1v) is 7.70. The van der Waals surface area contributed by atoms with Crippen LogP contribution in [0.2, 0.25) is 0 Å². The smallest absolute Gasteiger partial charge is 0.155 e. The number of sulfone groups is 1. The van der Waals surface area contributed by atoms with Crippen molar-refractivity contribution in [2.45, 2.75) is 12.2 Å². The van der Waals surface area contributed by atoms with E-state index in [2.05, 4.69) is 10.1 Å². The average Bonchev–Trinajstić information content (AvgIpc) is 2.65. The number of aryl methyl sites for hydroxylation is 1. The number of hydrogen-bond acceptors (Lipinski definition) is 5. The molecule has 2 aromatic heterocycles. The zero-order valence-corrected chi connectivity index (χ0v) is 11.8. The first kappa shape index (κ1) is 13.5. The molecule has 102 valence electrons. The van der Waals surface area contributed by atoms with Crippen LogP contribution >= 0.6 is 0 Å². The summed E-state index contributed by atoms with van der Waals surface area (Å²) in [7, 11) is -1.57. The van der Waals surface area contributed by atoms with Gasteiger partial charge in [-0.25, -0.2) is 8.42 Å². The Morgan fingerprint density at radius 2 is 2.05 bits per heavy atom. The summed E-state index contributed by atoms with van der Waals surface area (Å²) in [5.74, 6) is 0.407. The highest BCUT2D eigenvalue weighted by Crippen LogP contribution is 2.34. The minimum atomic E-state index is -3.25. The second-order valence-electron chi connectivity index (χ2n) is 4.46. The predicted octanol–water partition coefficient (Wildman–Crippen LogP) is 1.17. The maximum atomic E-state index is 11.7. The van der Waals surface area contributed by atoms with E-state index in [-0.39, 0.29) is 0 Å². The maximum Gasteiger partial charge on any atom is 0.155 e. The van der Waals surface area contributed by atoms with E-state index in [1.54, 1.807) is 32.3 Å². The summed E-state index contributed by atoms with van der Waals surface area (Å²) >= 11 is 0. The van der Waals surface area contributed by atoms with Crippen molar-refractivity contribution in [3.8, 4) is 11.3 Å². The number of nitrogen functional groups attached to an aromatic ring is 1. The molecule has 0 aliphatic heterocycles. The lowest BCUT2D eigenvalue weighted by Crippen LogP contribution is -2.09. The minimum Gasteiger partial charge on any atom is -0.383 e. The third-order valence-electron chi connectivity index (χ3n) is 3.07. The van der Waals surface area contributed by atoms with Gasteiger partial charge in [0, 0.05) is 19.5 Å². The molecule has 0 saturated heterocycles. The van der Waals surface area contributed by atoms with Crippen LogP contribution in [0.3, 0.4) is 0 Å². The van der Waals surface area contributed by atoms with Crippen molar-refractivity contribution in [3.63, 3.8) is 0 Å². The summed E-state index contributed by atoms with van der Waals surface area (Å²) in [6, 6.07) is 5.39. The number of anilines is 1. The van der Waals surface area contributed by atoms with Crippen molar-refractivity contribution >= 4 is 15.7 Å². The lowest BCUT2D eigenvalue weighted by Gasteiger charge is -2.09. The molecule has 2 rings (SSSR count). The molecule has 0 bridgehead atoms. The summed E-state index contributed by atoms with van der Waals surface area (Å²) in [4.78, 5) is 4.22. The summed E-state index contributed by atoms with van der Waals surface area (Å²) < 4.78 is 24.9. The molecule has 19 heavy (non-hydrogen) atoms. The fraction of sp³-hybridized carbons (Fsp3) is 0.333. The van der Waals surface area contributed by atoms with E-state index in [1.165, 1.54) is 10.9 Å². The highest BCUT2D eigenvalue weighted by atomic mass is 32.2. The number of nitrogens with zero attached hydrogens (tertiary/aromatic N) is 3. The van der Waals surface area contributed by atoms with Crippen LogP contribution in [0.4, 0.5) is 5.82 Å². The van der Waals surface area contributed by atoms with Crippen LogP contribution in [0.5, 0.6) is 0 Å². The van der Waals surface area contributed by atoms with Crippen LogP contribution in [0.15, 0.2) is 24.4 Å². The Bertz CT molecular complexity index is 692. The van der Waals surface area contributed by atoms with Gasteiger partial charge in [0.1, 0.15) is 11.1 Å². The second-order valence-corrected chi connectivity index (χ2v) is 6.82. The fourth-order valence-corrected chi connectivity index (χ4v) is 2.39. The van der Waals surface area contributed by atoms with Gasteiger partial charge in [0.05, 0.1) is 17.0 Å². The van der Waals surface area contributed by atoms with Crippen molar-refractivity contribution in [1.82, 2.24) is 14.8 Å². The zero-order valence-electron chi connectivity index (χ0n) is 11.0. The molecule has 0 saturated carbocycles. The topological polar surface area (TPSA) is 90.9 Å². The van der Waals surface area contributed by atoms with Crippen LogP contribution in [-0.2, 0) is 16.9 Å². The summed E-state index contributed by atoms with van der Waals surface area (Å²) in [5, 5.41) is 3.50. The second kappa shape index (κ2) is 4.65. The van der Waals surface area contributed by atoms with Crippen molar-refractivity contribution in [1.29, 1.82) is 0 Å². The molecule has 0 aromatic carbocycles. The van der Waals surface area contributed by atoms with Gasteiger partial charge in [-0.2, -0.15) is 5.10 Å². The molecule has 7 heteroatoms. The molecule has 0 spiro atoms. The van der Waals surface area contributed by atoms with Gasteiger partial charge >= 0.3 is 0 Å². The number of hydrogen-bond donors (Lipinski definition) is 1. The molecular weight excluding hydrogens is 264 g/mol. The molecule has 2 aromatic rings. The van der Waals surface area contributed by atoms with E-state index in [9.17, 15) is 8.42 Å². The summed E-state index contributed by atoms with van der Waals surface area (Å²) in [6.07, 6.45) is 2.82. The maximum absolute atomic E-state index is 11.7. The van der Waals surface area contributed by atoms with Crippen LogP contribution in [0, 0.1) is 0 Å². The average molecular weight is 280 g/mol. The molecule has 0 radical (unpaired) electrons. The third-order valence-corrected chi connectivity index (χ3v) is 4.57. The van der Waals surface area contributed by atoms with Crippen molar-refractivity contribution < 1.29 is 8.42 Å². The third kappa shape index (κ3) is 2.46. The Balaban J connectivity index is 2.68. The standard InChI is InChI=1S/C12H16N4O2S/c1-8(19(3,17)18)11-10(12(13)16(2)15-11)9-6-4-5-7-14-9/h4-8H,13H2,1-3H3. The zero-order chi connectivity index (χ0) is 14.2. The van der Waals surface area contributed by atoms with E-state index in [4.69, 9.17) is 5.73 Å². The van der Waals surface area contributed by atoms with Gasteiger partial charge in [-0.15, -0.1) is 0 Å². The SMILES string of the molecule is CC(c1nn(C)c(N)c1-c1ccccn1)S(C)(=O)=O. The van der Waals surface area contributed by atoms with Gasteiger partial charge in [0.15, 0.2) is 9.84 Å². The molecule has 2 heterocycles. The van der Waals surface area contributed by atoms with Gasteiger partial charge in [-0.05, 0) is 19.1 Å². The van der Waals surface area contributed by atoms with E-state index in [0.717, 1.165) is 0 Å². The first-order chi connectivity index (χ1) is 8.82. The van der Waals surface area contributed by atoms with E-state index in [0.29, 0.717) is 22.8 Å². The molecule has 0 amide bonds. The van der Waals surface area contributed by atoms with Gasteiger partial charge in [-0.1, -0.05) is 6.07 Å². The molecule has 0 aliphatic rings. The van der Waals surface area contributed by atoms with Crippen LogP contribution in [0.1, 0.15) is 17.9 Å². The quantitative estimate of drug-likeness (QED) is 0.911. The van der Waals surface area contributed by atoms with Crippen molar-refractivity contribution in [2.75, 3.05) is 12.0 Å². The lowest BCUT2D eigenvalue weighted by atomic mass is 10.1. The molecule has 1 atom stereocenters. The van der Waals surface area contributed by atoms with Crippen LogP contribution in [0.25, 0.3) is 11.3 Å². The van der Waals surface area contributed by atoms with Gasteiger partial charge in [0.2, 0.25) is 0 Å². The Labute approximate surface area is 112 Å². The fourth-order valence-electron chi connectivity index (χ4n) is 1.82. The number of nitrogens with two attached hydrogens (primary N) is 1. The molecule has 1 unspecified atom stereocenters. The first-order valence-electron chi connectivity index (χ1n) is 5.75. The molecular formula is C12H16N4O2S. The van der Waals surface area contributed by atoms with Crippen LogP contribution < -0.4 is 5.73 Å². The Kier molecular flexibility index (Phi) is 3.32. The Hall–Kier alpha value is -1.89. The molecule has 6 nitrogen and oxygen atoms in total. The highest BCUT2D eigenvalue weighted by molar-refractivity contribution is 7.90. The van der Waals surface area contributed by atoms with Gasteiger partial charge < -0.3 is 5.73 Å². The van der Waals surface area contributed by atoms with Gasteiger partial charge in [0.25, 0.3) is 0 Å². The Morgan fingerprint density at radius 1 is 1.37 bits per heavy atom. The van der Waals surface area contributed by atoms with Crippen LogP contribution in [-0.4, -0.2) is 29.4 Å². The van der Waals surface area contributed by atoms with E-state index in [1.807, 2.05) is 6.07 Å².